The van der Waals surface area contributed by atoms with Gasteiger partial charge < -0.3 is 9.88 Å². The van der Waals surface area contributed by atoms with E-state index >= 15 is 0 Å². The van der Waals surface area contributed by atoms with Crippen molar-refractivity contribution in [2.24, 2.45) is 0 Å². The second-order valence-corrected chi connectivity index (χ2v) is 7.52. The molecule has 0 aliphatic heterocycles. The van der Waals surface area contributed by atoms with Crippen LogP contribution in [-0.2, 0) is 24.2 Å². The average molecular weight is 399 g/mol. The standard InChI is InChI=1S/C20H23ClN6O/c1-14-16(21)4-2-5-17(14)23-20(28)9-8-18-24-25-19(27(18)15-6-7-15)10-13-26-12-3-11-22-26/h2-5,11-12,15H,6-10,13H2,1H3,(H,23,28). The maximum Gasteiger partial charge on any atom is 0.224 e. The van der Waals surface area contributed by atoms with Crippen LogP contribution in [0.2, 0.25) is 5.02 Å². The quantitative estimate of drug-likeness (QED) is 0.629. The van der Waals surface area contributed by atoms with Crippen molar-refractivity contribution in [2.75, 3.05) is 5.32 Å². The highest BCUT2D eigenvalue weighted by molar-refractivity contribution is 6.31. The molecule has 1 N–H and O–H groups in total. The zero-order valence-corrected chi connectivity index (χ0v) is 16.6. The molecule has 1 aromatic carbocycles. The highest BCUT2D eigenvalue weighted by atomic mass is 35.5. The Hall–Kier alpha value is -2.67. The number of aromatic nitrogens is 5. The predicted octanol–water partition coefficient (Wildman–Crippen LogP) is 3.59. The van der Waals surface area contributed by atoms with Gasteiger partial charge in [-0.05, 0) is 43.5 Å². The lowest BCUT2D eigenvalue weighted by atomic mass is 10.2. The lowest BCUT2D eigenvalue weighted by Crippen LogP contribution is -2.15. The summed E-state index contributed by atoms with van der Waals surface area (Å²) < 4.78 is 4.12. The topological polar surface area (TPSA) is 77.6 Å². The van der Waals surface area contributed by atoms with Crippen molar-refractivity contribution in [1.29, 1.82) is 0 Å². The molecule has 7 nitrogen and oxygen atoms in total. The summed E-state index contributed by atoms with van der Waals surface area (Å²) in [5, 5.41) is 16.6. The smallest absolute Gasteiger partial charge is 0.224 e. The van der Waals surface area contributed by atoms with E-state index in [2.05, 4.69) is 25.2 Å². The van der Waals surface area contributed by atoms with Gasteiger partial charge in [-0.3, -0.25) is 9.48 Å². The van der Waals surface area contributed by atoms with E-state index in [-0.39, 0.29) is 5.91 Å². The molecule has 0 atom stereocenters. The van der Waals surface area contributed by atoms with Crippen molar-refractivity contribution >= 4 is 23.2 Å². The summed E-state index contributed by atoms with van der Waals surface area (Å²) in [6.07, 6.45) is 7.71. The van der Waals surface area contributed by atoms with E-state index in [4.69, 9.17) is 11.6 Å². The van der Waals surface area contributed by atoms with Crippen LogP contribution in [0.4, 0.5) is 5.69 Å². The number of anilines is 1. The Bertz CT molecular complexity index is 961. The first-order valence-electron chi connectivity index (χ1n) is 9.57. The number of hydrogen-bond acceptors (Lipinski definition) is 4. The maximum absolute atomic E-state index is 12.4. The molecule has 1 saturated carbocycles. The van der Waals surface area contributed by atoms with Crippen LogP contribution < -0.4 is 5.32 Å². The second-order valence-electron chi connectivity index (χ2n) is 7.11. The lowest BCUT2D eigenvalue weighted by Gasteiger charge is -2.11. The van der Waals surface area contributed by atoms with Crippen LogP contribution in [0.3, 0.4) is 0 Å². The van der Waals surface area contributed by atoms with Gasteiger partial charge in [0.25, 0.3) is 0 Å². The van der Waals surface area contributed by atoms with Crippen molar-refractivity contribution in [1.82, 2.24) is 24.5 Å². The van der Waals surface area contributed by atoms with E-state index < -0.39 is 0 Å². The minimum Gasteiger partial charge on any atom is -0.326 e. The van der Waals surface area contributed by atoms with Crippen LogP contribution in [0.5, 0.6) is 0 Å². The first kappa shape index (κ1) is 18.7. The molecule has 0 unspecified atom stereocenters. The molecule has 0 radical (unpaired) electrons. The largest absolute Gasteiger partial charge is 0.326 e. The van der Waals surface area contributed by atoms with Crippen LogP contribution in [0.1, 0.15) is 42.5 Å². The zero-order chi connectivity index (χ0) is 19.5. The summed E-state index contributed by atoms with van der Waals surface area (Å²) in [5.74, 6) is 1.81. The molecule has 28 heavy (non-hydrogen) atoms. The fourth-order valence-corrected chi connectivity index (χ4v) is 3.46. The molecule has 1 aliphatic rings. The van der Waals surface area contributed by atoms with Gasteiger partial charge in [-0.1, -0.05) is 17.7 Å². The number of nitrogens with one attached hydrogen (secondary N) is 1. The molecule has 8 heteroatoms. The van der Waals surface area contributed by atoms with Crippen LogP contribution in [0.15, 0.2) is 36.7 Å². The number of halogens is 1. The fourth-order valence-electron chi connectivity index (χ4n) is 3.28. The summed E-state index contributed by atoms with van der Waals surface area (Å²) in [6, 6.07) is 7.89. The minimum absolute atomic E-state index is 0.0474. The zero-order valence-electron chi connectivity index (χ0n) is 15.8. The number of hydrogen-bond donors (Lipinski definition) is 1. The number of carbonyl (C=O) groups is 1. The molecule has 0 saturated heterocycles. The predicted molar refractivity (Wildman–Crippen MR) is 107 cm³/mol. The summed E-state index contributed by atoms with van der Waals surface area (Å²) in [4.78, 5) is 12.4. The molecule has 2 aromatic heterocycles. The molecule has 146 valence electrons. The molecular weight excluding hydrogens is 376 g/mol. The average Bonchev–Trinajstić information content (AvgIpc) is 3.22. The number of carbonyl (C=O) groups excluding carboxylic acids is 1. The van der Waals surface area contributed by atoms with E-state index in [0.717, 1.165) is 48.7 Å². The van der Waals surface area contributed by atoms with E-state index in [1.54, 1.807) is 6.20 Å². The monoisotopic (exact) mass is 398 g/mol. The third-order valence-electron chi connectivity index (χ3n) is 4.99. The Balaban J connectivity index is 1.39. The summed E-state index contributed by atoms with van der Waals surface area (Å²) >= 11 is 6.12. The molecule has 1 amide bonds. The van der Waals surface area contributed by atoms with E-state index in [1.165, 1.54) is 0 Å². The van der Waals surface area contributed by atoms with Gasteiger partial charge in [-0.25, -0.2) is 0 Å². The van der Waals surface area contributed by atoms with Gasteiger partial charge in [0.1, 0.15) is 11.6 Å². The molecule has 3 aromatic rings. The number of aryl methyl sites for hydroxylation is 3. The first-order chi connectivity index (χ1) is 13.6. The molecule has 0 bridgehead atoms. The van der Waals surface area contributed by atoms with Crippen molar-refractivity contribution in [3.8, 4) is 0 Å². The minimum atomic E-state index is -0.0474. The second kappa shape index (κ2) is 8.14. The van der Waals surface area contributed by atoms with Gasteiger partial charge in [0.2, 0.25) is 5.91 Å². The van der Waals surface area contributed by atoms with Gasteiger partial charge in [-0.2, -0.15) is 5.10 Å². The van der Waals surface area contributed by atoms with E-state index in [0.29, 0.717) is 23.9 Å². The van der Waals surface area contributed by atoms with E-state index in [9.17, 15) is 4.79 Å². The molecule has 0 spiro atoms. The summed E-state index contributed by atoms with van der Waals surface area (Å²) in [7, 11) is 0. The Kier molecular flexibility index (Phi) is 5.43. The number of rotatable bonds is 8. The van der Waals surface area contributed by atoms with Crippen molar-refractivity contribution < 1.29 is 4.79 Å². The molecule has 2 heterocycles. The van der Waals surface area contributed by atoms with Crippen LogP contribution in [-0.4, -0.2) is 30.5 Å². The van der Waals surface area contributed by atoms with Gasteiger partial charge in [0.05, 0.1) is 0 Å². The van der Waals surface area contributed by atoms with Crippen LogP contribution >= 0.6 is 11.6 Å². The van der Waals surface area contributed by atoms with Gasteiger partial charge in [0.15, 0.2) is 0 Å². The van der Waals surface area contributed by atoms with Crippen molar-refractivity contribution in [3.05, 3.63) is 58.9 Å². The third-order valence-corrected chi connectivity index (χ3v) is 5.40. The Morgan fingerprint density at radius 1 is 1.21 bits per heavy atom. The normalized spacial score (nSPS) is 13.6. The van der Waals surface area contributed by atoms with Gasteiger partial charge in [-0.15, -0.1) is 10.2 Å². The van der Waals surface area contributed by atoms with Crippen LogP contribution in [0, 0.1) is 6.92 Å². The van der Waals surface area contributed by atoms with Gasteiger partial charge >= 0.3 is 0 Å². The third kappa shape index (κ3) is 4.25. The van der Waals surface area contributed by atoms with Crippen molar-refractivity contribution in [2.45, 2.75) is 51.6 Å². The number of nitrogens with zero attached hydrogens (tertiary/aromatic N) is 5. The van der Waals surface area contributed by atoms with E-state index in [1.807, 2.05) is 42.1 Å². The van der Waals surface area contributed by atoms with Gasteiger partial charge in [0, 0.05) is 55.0 Å². The molecule has 1 aliphatic carbocycles. The SMILES string of the molecule is Cc1c(Cl)cccc1NC(=O)CCc1nnc(CCn2cccn2)n1C1CC1. The summed E-state index contributed by atoms with van der Waals surface area (Å²) in [5.41, 5.74) is 1.63. The first-order valence-corrected chi connectivity index (χ1v) is 9.94. The molecule has 1 fully saturated rings. The highest BCUT2D eigenvalue weighted by Crippen LogP contribution is 2.37. The summed E-state index contributed by atoms with van der Waals surface area (Å²) in [6.45, 7) is 2.67. The Labute approximate surface area is 168 Å². The highest BCUT2D eigenvalue weighted by Gasteiger charge is 2.29. The Morgan fingerprint density at radius 3 is 2.71 bits per heavy atom. The fraction of sp³-hybridized carbons (Fsp3) is 0.400. The van der Waals surface area contributed by atoms with Crippen LogP contribution in [0.25, 0.3) is 0 Å². The number of benzene rings is 1. The maximum atomic E-state index is 12.4. The molecular formula is C20H23ClN6O. The number of amides is 1. The molecule has 4 rings (SSSR count). The van der Waals surface area contributed by atoms with Crippen molar-refractivity contribution in [3.63, 3.8) is 0 Å². The Morgan fingerprint density at radius 2 is 2.00 bits per heavy atom. The lowest BCUT2D eigenvalue weighted by molar-refractivity contribution is -0.116.